The molecule has 0 bridgehead atoms. The average molecular weight is 641 g/mol. The van der Waals surface area contributed by atoms with Crippen molar-refractivity contribution >= 4 is 40.6 Å². The standard InChI is InChI=1S/C36H37ClN4O5/c1-36(2)19-26-33(28(42)20-36)34(23-9-3-4-10-24(23)37)41(27-12-6-5-11-25(27)38-26)21-32(43)39-15-17-40(18-16-39)35(44)31-22-45-29-13-7-8-14-30(29)46-31/h3-14,31,34,38H,15-22H2,1-2H3. The minimum absolute atomic E-state index is 0.0341. The molecule has 238 valence electrons. The summed E-state index contributed by atoms with van der Waals surface area (Å²) in [7, 11) is 0. The highest BCUT2D eigenvalue weighted by Gasteiger charge is 2.43. The van der Waals surface area contributed by atoms with Gasteiger partial charge in [-0.2, -0.15) is 0 Å². The van der Waals surface area contributed by atoms with Gasteiger partial charge in [0.1, 0.15) is 6.61 Å². The van der Waals surface area contributed by atoms with Gasteiger partial charge in [0.15, 0.2) is 17.3 Å². The van der Waals surface area contributed by atoms with Crippen LogP contribution in [-0.2, 0) is 14.4 Å². The molecule has 0 radical (unpaired) electrons. The summed E-state index contributed by atoms with van der Waals surface area (Å²) in [6.45, 7) is 5.95. The minimum Gasteiger partial charge on any atom is -0.485 e. The number of amides is 2. The lowest BCUT2D eigenvalue weighted by Gasteiger charge is -2.40. The van der Waals surface area contributed by atoms with Crippen molar-refractivity contribution in [2.24, 2.45) is 5.41 Å². The molecule has 2 amide bonds. The van der Waals surface area contributed by atoms with Crippen molar-refractivity contribution in [1.82, 2.24) is 9.80 Å². The highest BCUT2D eigenvalue weighted by molar-refractivity contribution is 6.31. The molecule has 46 heavy (non-hydrogen) atoms. The Balaban J connectivity index is 1.14. The van der Waals surface area contributed by atoms with E-state index in [0.717, 1.165) is 22.6 Å². The zero-order chi connectivity index (χ0) is 32.0. The number of ether oxygens (including phenoxy) is 2. The molecule has 3 heterocycles. The van der Waals surface area contributed by atoms with Crippen LogP contribution < -0.4 is 19.7 Å². The number of hydrogen-bond donors (Lipinski definition) is 1. The van der Waals surface area contributed by atoms with Gasteiger partial charge in [-0.15, -0.1) is 0 Å². The van der Waals surface area contributed by atoms with Gasteiger partial charge in [-0.05, 0) is 47.7 Å². The van der Waals surface area contributed by atoms with Gasteiger partial charge >= 0.3 is 0 Å². The summed E-state index contributed by atoms with van der Waals surface area (Å²) in [4.78, 5) is 46.9. The first kappa shape index (κ1) is 30.2. The Morgan fingerprint density at radius 1 is 0.891 bits per heavy atom. The van der Waals surface area contributed by atoms with Crippen molar-refractivity contribution in [1.29, 1.82) is 0 Å². The number of anilines is 2. The Morgan fingerprint density at radius 2 is 1.57 bits per heavy atom. The lowest BCUT2D eigenvalue weighted by molar-refractivity contribution is -0.145. The summed E-state index contributed by atoms with van der Waals surface area (Å²) in [5.74, 6) is 1.00. The Labute approximate surface area is 273 Å². The highest BCUT2D eigenvalue weighted by Crippen LogP contribution is 2.49. The first-order chi connectivity index (χ1) is 22.2. The fraction of sp³-hybridized carbons (Fsp3) is 0.361. The summed E-state index contributed by atoms with van der Waals surface area (Å²) < 4.78 is 11.7. The molecular weight excluding hydrogens is 604 g/mol. The van der Waals surface area contributed by atoms with Crippen LogP contribution in [0.1, 0.15) is 38.3 Å². The Kier molecular flexibility index (Phi) is 7.88. The number of nitrogens with zero attached hydrogens (tertiary/aromatic N) is 3. The molecule has 10 heteroatoms. The zero-order valence-corrected chi connectivity index (χ0v) is 26.8. The van der Waals surface area contributed by atoms with E-state index in [0.29, 0.717) is 61.1 Å². The van der Waals surface area contributed by atoms with E-state index in [1.54, 1.807) is 15.9 Å². The molecule has 0 aromatic heterocycles. The van der Waals surface area contributed by atoms with Gasteiger partial charge in [-0.1, -0.05) is 67.9 Å². The lowest BCUT2D eigenvalue weighted by Crippen LogP contribution is -2.56. The van der Waals surface area contributed by atoms with Gasteiger partial charge in [0.05, 0.1) is 24.0 Å². The number of carbonyl (C=O) groups is 3. The number of halogens is 1. The van der Waals surface area contributed by atoms with Gasteiger partial charge < -0.3 is 29.5 Å². The second-order valence-corrected chi connectivity index (χ2v) is 13.5. The molecule has 1 saturated heterocycles. The minimum atomic E-state index is -0.727. The number of rotatable bonds is 4. The van der Waals surface area contributed by atoms with E-state index >= 15 is 0 Å². The quantitative estimate of drug-likeness (QED) is 0.405. The molecule has 1 fully saturated rings. The van der Waals surface area contributed by atoms with Crippen molar-refractivity contribution in [2.45, 2.75) is 38.8 Å². The van der Waals surface area contributed by atoms with Crippen LogP contribution in [-0.4, -0.2) is 72.8 Å². The molecule has 3 aromatic rings. The van der Waals surface area contributed by atoms with Crippen LogP contribution in [0.3, 0.4) is 0 Å². The zero-order valence-electron chi connectivity index (χ0n) is 26.0. The number of piperazine rings is 1. The third-order valence-corrected chi connectivity index (χ3v) is 9.58. The monoisotopic (exact) mass is 640 g/mol. The summed E-state index contributed by atoms with van der Waals surface area (Å²) in [5, 5.41) is 4.13. The maximum absolute atomic E-state index is 14.1. The van der Waals surface area contributed by atoms with Crippen molar-refractivity contribution in [3.8, 4) is 11.5 Å². The van der Waals surface area contributed by atoms with E-state index in [4.69, 9.17) is 21.1 Å². The molecule has 9 nitrogen and oxygen atoms in total. The van der Waals surface area contributed by atoms with E-state index in [1.807, 2.05) is 71.6 Å². The first-order valence-corrected chi connectivity index (χ1v) is 16.1. The molecule has 4 aliphatic rings. The number of nitrogens with one attached hydrogen (secondary N) is 1. The third kappa shape index (κ3) is 5.68. The van der Waals surface area contributed by atoms with Gasteiger partial charge in [0.25, 0.3) is 5.91 Å². The molecule has 2 atom stereocenters. The molecular formula is C36H37ClN4O5. The fourth-order valence-corrected chi connectivity index (χ4v) is 7.25. The summed E-state index contributed by atoms with van der Waals surface area (Å²) in [6, 6.07) is 22.2. The largest absolute Gasteiger partial charge is 0.485 e. The summed E-state index contributed by atoms with van der Waals surface area (Å²) in [5.41, 5.74) is 3.77. The number of hydrogen-bond acceptors (Lipinski definition) is 7. The van der Waals surface area contributed by atoms with Crippen LogP contribution in [0.4, 0.5) is 11.4 Å². The highest BCUT2D eigenvalue weighted by atomic mass is 35.5. The predicted molar refractivity (Wildman–Crippen MR) is 176 cm³/mol. The van der Waals surface area contributed by atoms with Crippen LogP contribution in [0, 0.1) is 5.41 Å². The Bertz CT molecular complexity index is 1730. The second-order valence-electron chi connectivity index (χ2n) is 13.1. The SMILES string of the molecule is CC1(C)CC(=O)C2=C(C1)Nc1ccccc1N(CC(=O)N1CCN(C(=O)C3COc4ccccc4O3)CC1)C2c1ccccc1Cl. The van der Waals surface area contributed by atoms with E-state index < -0.39 is 12.1 Å². The number of carbonyl (C=O) groups excluding carboxylic acids is 3. The molecule has 7 rings (SSSR count). The van der Waals surface area contributed by atoms with Crippen molar-refractivity contribution < 1.29 is 23.9 Å². The third-order valence-electron chi connectivity index (χ3n) is 9.24. The second kappa shape index (κ2) is 12.0. The maximum Gasteiger partial charge on any atom is 0.267 e. The van der Waals surface area contributed by atoms with Gasteiger partial charge in [-0.3, -0.25) is 14.4 Å². The van der Waals surface area contributed by atoms with E-state index in [-0.39, 0.29) is 36.2 Å². The van der Waals surface area contributed by atoms with E-state index in [9.17, 15) is 14.4 Å². The Hall–Kier alpha value is -4.50. The number of fused-ring (bicyclic) bond motifs is 2. The summed E-state index contributed by atoms with van der Waals surface area (Å²) >= 11 is 6.83. The number of Topliss-reactive ketones (excluding diaryl/α,β-unsaturated/α-hetero) is 1. The lowest BCUT2D eigenvalue weighted by atomic mass is 9.73. The number of benzene rings is 3. The van der Waals surface area contributed by atoms with Gasteiger partial charge in [0.2, 0.25) is 12.0 Å². The van der Waals surface area contributed by atoms with E-state index in [1.165, 1.54) is 0 Å². The number of ketones is 1. The van der Waals surface area contributed by atoms with Crippen LogP contribution in [0.25, 0.3) is 0 Å². The van der Waals surface area contributed by atoms with Crippen molar-refractivity contribution in [2.75, 3.05) is 49.5 Å². The Morgan fingerprint density at radius 3 is 2.35 bits per heavy atom. The number of allylic oxidation sites excluding steroid dienone is 1. The molecule has 0 spiro atoms. The maximum atomic E-state index is 14.1. The number of para-hydroxylation sites is 4. The smallest absolute Gasteiger partial charge is 0.267 e. The van der Waals surface area contributed by atoms with Crippen LogP contribution in [0.2, 0.25) is 5.02 Å². The average Bonchev–Trinajstić information content (AvgIpc) is 3.18. The van der Waals surface area contributed by atoms with Crippen LogP contribution >= 0.6 is 11.6 Å². The van der Waals surface area contributed by atoms with Crippen LogP contribution in [0.5, 0.6) is 11.5 Å². The van der Waals surface area contributed by atoms with Crippen molar-refractivity contribution in [3.63, 3.8) is 0 Å². The predicted octanol–water partition coefficient (Wildman–Crippen LogP) is 5.47. The molecule has 3 aromatic carbocycles. The molecule has 1 aliphatic carbocycles. The molecule has 3 aliphatic heterocycles. The molecule has 2 unspecified atom stereocenters. The topological polar surface area (TPSA) is 91.4 Å². The molecule has 0 saturated carbocycles. The fourth-order valence-electron chi connectivity index (χ4n) is 7.01. The molecule has 1 N–H and O–H groups in total. The van der Waals surface area contributed by atoms with Gasteiger partial charge in [0, 0.05) is 48.9 Å². The summed E-state index contributed by atoms with van der Waals surface area (Å²) in [6.07, 6.45) is 0.377. The first-order valence-electron chi connectivity index (χ1n) is 15.8. The van der Waals surface area contributed by atoms with Crippen LogP contribution in [0.15, 0.2) is 84.1 Å². The van der Waals surface area contributed by atoms with Crippen molar-refractivity contribution in [3.05, 3.63) is 94.7 Å². The van der Waals surface area contributed by atoms with E-state index in [2.05, 4.69) is 19.2 Å². The van der Waals surface area contributed by atoms with Gasteiger partial charge in [-0.25, -0.2) is 0 Å². The normalized spacial score (nSPS) is 22.0.